The molecule has 0 heterocycles. The van der Waals surface area contributed by atoms with Crippen LogP contribution in [0.2, 0.25) is 0 Å². The number of ether oxygens (including phenoxy) is 1. The lowest BCUT2D eigenvalue weighted by atomic mass is 10.1. The lowest BCUT2D eigenvalue weighted by Crippen LogP contribution is -2.23. The van der Waals surface area contributed by atoms with Gasteiger partial charge in [-0.25, -0.2) is 0 Å². The molecule has 25 heavy (non-hydrogen) atoms. The number of rotatable bonds is 9. The summed E-state index contributed by atoms with van der Waals surface area (Å²) in [5, 5.41) is 6.09. The molecule has 0 saturated carbocycles. The molecular weight excluding hydrogens is 316 g/mol. The van der Waals surface area contributed by atoms with Crippen LogP contribution in [0.5, 0.6) is 5.75 Å². The smallest absolute Gasteiger partial charge is 0.225 e. The first-order valence-electron chi connectivity index (χ1n) is 8.33. The molecule has 0 bridgehead atoms. The first-order valence-corrected chi connectivity index (χ1v) is 8.33. The lowest BCUT2D eigenvalue weighted by molar-refractivity contribution is -0.116. The van der Waals surface area contributed by atoms with Gasteiger partial charge in [0.2, 0.25) is 5.91 Å². The third-order valence-electron chi connectivity index (χ3n) is 3.87. The Balaban J connectivity index is 1.67. The Morgan fingerprint density at radius 2 is 1.72 bits per heavy atom. The molecule has 0 aliphatic heterocycles. The molecule has 0 radical (unpaired) electrons. The normalized spacial score (nSPS) is 10.3. The number of hydrogen-bond donors (Lipinski definition) is 2. The number of carbonyl (C=O) groups is 2. The highest BCUT2D eigenvalue weighted by Crippen LogP contribution is 2.17. The Kier molecular flexibility index (Phi) is 7.16. The minimum absolute atomic E-state index is 0.0112. The van der Waals surface area contributed by atoms with E-state index in [9.17, 15) is 9.59 Å². The van der Waals surface area contributed by atoms with Gasteiger partial charge >= 0.3 is 0 Å². The maximum atomic E-state index is 11.9. The monoisotopic (exact) mass is 340 g/mol. The van der Waals surface area contributed by atoms with Gasteiger partial charge in [0, 0.05) is 24.2 Å². The molecule has 2 N–H and O–H groups in total. The predicted octanol–water partition coefficient (Wildman–Crippen LogP) is 3.06. The van der Waals surface area contributed by atoms with E-state index in [0.29, 0.717) is 24.2 Å². The van der Waals surface area contributed by atoms with Crippen molar-refractivity contribution in [2.75, 3.05) is 25.5 Å². The summed E-state index contributed by atoms with van der Waals surface area (Å²) in [4.78, 5) is 23.1. The largest absolute Gasteiger partial charge is 0.496 e. The third kappa shape index (κ3) is 6.04. The molecule has 2 rings (SSSR count). The minimum atomic E-state index is -0.0552. The zero-order chi connectivity index (χ0) is 18.1. The molecule has 0 fully saturated rings. The molecule has 5 nitrogen and oxygen atoms in total. The second kappa shape index (κ2) is 9.59. The Labute approximate surface area is 148 Å². The van der Waals surface area contributed by atoms with Crippen LogP contribution >= 0.6 is 0 Å². The van der Waals surface area contributed by atoms with Gasteiger partial charge in [-0.2, -0.15) is 0 Å². The number of para-hydroxylation sites is 1. The average Bonchev–Trinajstić information content (AvgIpc) is 2.62. The lowest BCUT2D eigenvalue weighted by Gasteiger charge is -2.09. The summed E-state index contributed by atoms with van der Waals surface area (Å²) in [6.07, 6.45) is 1.23. The van der Waals surface area contributed by atoms with Gasteiger partial charge in [-0.1, -0.05) is 18.2 Å². The summed E-state index contributed by atoms with van der Waals surface area (Å²) >= 11 is 0. The predicted molar refractivity (Wildman–Crippen MR) is 99.3 cm³/mol. The van der Waals surface area contributed by atoms with Crippen molar-refractivity contribution in [3.8, 4) is 5.75 Å². The average molecular weight is 340 g/mol. The molecule has 2 aromatic rings. The number of nitrogens with one attached hydrogen (secondary N) is 2. The summed E-state index contributed by atoms with van der Waals surface area (Å²) < 4.78 is 5.32. The van der Waals surface area contributed by atoms with Crippen LogP contribution in [0.3, 0.4) is 0 Å². The highest BCUT2D eigenvalue weighted by atomic mass is 16.5. The number of carbonyl (C=O) groups excluding carboxylic acids is 2. The highest BCUT2D eigenvalue weighted by Gasteiger charge is 2.04. The summed E-state index contributed by atoms with van der Waals surface area (Å²) in [7, 11) is 1.67. The van der Waals surface area contributed by atoms with E-state index < -0.39 is 0 Å². The molecule has 0 aliphatic carbocycles. The fraction of sp³-hybridized carbons (Fsp3) is 0.300. The Morgan fingerprint density at radius 3 is 2.40 bits per heavy atom. The van der Waals surface area contributed by atoms with Gasteiger partial charge in [0.1, 0.15) is 5.75 Å². The molecule has 1 amide bonds. The van der Waals surface area contributed by atoms with Gasteiger partial charge in [0.25, 0.3) is 0 Å². The van der Waals surface area contributed by atoms with E-state index in [-0.39, 0.29) is 11.7 Å². The molecule has 5 heteroatoms. The van der Waals surface area contributed by atoms with Crippen LogP contribution in [-0.4, -0.2) is 31.9 Å². The van der Waals surface area contributed by atoms with Crippen LogP contribution < -0.4 is 15.4 Å². The minimum Gasteiger partial charge on any atom is -0.496 e. The SMILES string of the molecule is COc1ccccc1CCNCCC(=O)Nc1ccc(C(C)=O)cc1. The van der Waals surface area contributed by atoms with E-state index in [2.05, 4.69) is 10.6 Å². The first-order chi connectivity index (χ1) is 12.1. The van der Waals surface area contributed by atoms with E-state index >= 15 is 0 Å². The van der Waals surface area contributed by atoms with Crippen molar-refractivity contribution in [2.45, 2.75) is 19.8 Å². The number of benzene rings is 2. The molecule has 0 atom stereocenters. The zero-order valence-corrected chi connectivity index (χ0v) is 14.7. The fourth-order valence-corrected chi connectivity index (χ4v) is 2.47. The summed E-state index contributed by atoms with van der Waals surface area (Å²) in [5.74, 6) is 0.841. The Morgan fingerprint density at radius 1 is 1.00 bits per heavy atom. The molecule has 0 aromatic heterocycles. The summed E-state index contributed by atoms with van der Waals surface area (Å²) in [6.45, 7) is 2.90. The van der Waals surface area contributed by atoms with Gasteiger partial charge in [0.05, 0.1) is 7.11 Å². The van der Waals surface area contributed by atoms with Crippen LogP contribution in [-0.2, 0) is 11.2 Å². The summed E-state index contributed by atoms with van der Waals surface area (Å²) in [6, 6.07) is 14.8. The van der Waals surface area contributed by atoms with E-state index in [1.54, 1.807) is 31.4 Å². The molecule has 0 saturated heterocycles. The van der Waals surface area contributed by atoms with Crippen LogP contribution in [0, 0.1) is 0 Å². The van der Waals surface area contributed by atoms with E-state index in [0.717, 1.165) is 24.3 Å². The number of methoxy groups -OCH3 is 1. The van der Waals surface area contributed by atoms with Crippen LogP contribution in [0.1, 0.15) is 29.3 Å². The van der Waals surface area contributed by atoms with E-state index in [1.165, 1.54) is 6.92 Å². The van der Waals surface area contributed by atoms with Crippen LogP contribution in [0.4, 0.5) is 5.69 Å². The number of hydrogen-bond acceptors (Lipinski definition) is 4. The Hall–Kier alpha value is -2.66. The van der Waals surface area contributed by atoms with Gasteiger partial charge in [-0.3, -0.25) is 9.59 Å². The fourth-order valence-electron chi connectivity index (χ4n) is 2.47. The van der Waals surface area contributed by atoms with Crippen molar-refractivity contribution in [3.05, 3.63) is 59.7 Å². The maximum Gasteiger partial charge on any atom is 0.225 e. The van der Waals surface area contributed by atoms with Crippen LogP contribution in [0.25, 0.3) is 0 Å². The van der Waals surface area contributed by atoms with Crippen molar-refractivity contribution in [3.63, 3.8) is 0 Å². The molecule has 0 aliphatic rings. The van der Waals surface area contributed by atoms with Crippen molar-refractivity contribution < 1.29 is 14.3 Å². The van der Waals surface area contributed by atoms with Gasteiger partial charge in [-0.15, -0.1) is 0 Å². The van der Waals surface area contributed by atoms with E-state index in [1.807, 2.05) is 24.3 Å². The quantitative estimate of drug-likeness (QED) is 0.544. The molecule has 2 aromatic carbocycles. The third-order valence-corrected chi connectivity index (χ3v) is 3.87. The maximum absolute atomic E-state index is 11.9. The van der Waals surface area contributed by atoms with Crippen LogP contribution in [0.15, 0.2) is 48.5 Å². The van der Waals surface area contributed by atoms with Gasteiger partial charge in [-0.05, 0) is 55.8 Å². The second-order valence-corrected chi connectivity index (χ2v) is 5.74. The zero-order valence-electron chi connectivity index (χ0n) is 14.7. The molecule has 0 spiro atoms. The molecule has 0 unspecified atom stereocenters. The standard InChI is InChI=1S/C20H24N2O3/c1-15(23)16-7-9-18(10-8-16)22-20(24)12-14-21-13-11-17-5-3-4-6-19(17)25-2/h3-10,21H,11-14H2,1-2H3,(H,22,24). The van der Waals surface area contributed by atoms with E-state index in [4.69, 9.17) is 4.74 Å². The molecule has 132 valence electrons. The van der Waals surface area contributed by atoms with Crippen molar-refractivity contribution in [1.29, 1.82) is 0 Å². The van der Waals surface area contributed by atoms with Gasteiger partial charge < -0.3 is 15.4 Å². The second-order valence-electron chi connectivity index (χ2n) is 5.74. The number of anilines is 1. The summed E-state index contributed by atoms with van der Waals surface area (Å²) in [5.41, 5.74) is 2.48. The topological polar surface area (TPSA) is 67.4 Å². The van der Waals surface area contributed by atoms with Crippen molar-refractivity contribution in [1.82, 2.24) is 5.32 Å². The number of Topliss-reactive ketones (excluding diaryl/α,β-unsaturated/α-hetero) is 1. The Bertz CT molecular complexity index is 711. The highest BCUT2D eigenvalue weighted by molar-refractivity contribution is 5.95. The van der Waals surface area contributed by atoms with Crippen molar-refractivity contribution >= 4 is 17.4 Å². The number of ketones is 1. The van der Waals surface area contributed by atoms with Crippen molar-refractivity contribution in [2.24, 2.45) is 0 Å². The molecular formula is C20H24N2O3. The first kappa shape index (κ1) is 18.7. The number of amides is 1. The van der Waals surface area contributed by atoms with Gasteiger partial charge in [0.15, 0.2) is 5.78 Å².